The van der Waals surface area contributed by atoms with E-state index in [4.69, 9.17) is 9.84 Å². The average molecular weight is 273 g/mol. The van der Waals surface area contributed by atoms with Crippen LogP contribution in [-0.2, 0) is 5.91 Å². The van der Waals surface area contributed by atoms with Gasteiger partial charge in [0.15, 0.2) is 0 Å². The topological polar surface area (TPSA) is 70.0 Å². The highest BCUT2D eigenvalue weighted by Crippen LogP contribution is 2.28. The standard InChI is InChI=1S/C15H15NO4/c1-16(14(17)18)15(19,12-8-4-2-5-9-12)20-13-10-6-3-7-11-13/h2-11,19H,1H3,(H,17,18). The molecular weight excluding hydrogens is 258 g/mol. The van der Waals surface area contributed by atoms with Gasteiger partial charge in [-0.3, -0.25) is 0 Å². The van der Waals surface area contributed by atoms with Gasteiger partial charge in [-0.1, -0.05) is 48.5 Å². The van der Waals surface area contributed by atoms with Crippen molar-refractivity contribution in [3.8, 4) is 5.75 Å². The molecule has 0 spiro atoms. The molecule has 2 rings (SSSR count). The highest BCUT2D eigenvalue weighted by atomic mass is 16.7. The Balaban J connectivity index is 2.42. The molecule has 1 amide bonds. The first-order valence-corrected chi connectivity index (χ1v) is 6.03. The molecule has 2 aromatic rings. The Morgan fingerprint density at radius 2 is 1.55 bits per heavy atom. The SMILES string of the molecule is CN(C(=O)O)C(O)(Oc1ccccc1)c1ccccc1. The van der Waals surface area contributed by atoms with E-state index in [9.17, 15) is 9.90 Å². The van der Waals surface area contributed by atoms with Gasteiger partial charge in [-0.15, -0.1) is 0 Å². The number of hydrogen-bond donors (Lipinski definition) is 2. The second-order valence-corrected chi connectivity index (χ2v) is 4.23. The number of aliphatic hydroxyl groups is 1. The monoisotopic (exact) mass is 273 g/mol. The smallest absolute Gasteiger partial charge is 0.412 e. The van der Waals surface area contributed by atoms with Gasteiger partial charge < -0.3 is 14.9 Å². The molecule has 2 N–H and O–H groups in total. The Labute approximate surface area is 116 Å². The minimum absolute atomic E-state index is 0.328. The van der Waals surface area contributed by atoms with Crippen molar-refractivity contribution in [2.45, 2.75) is 5.91 Å². The summed E-state index contributed by atoms with van der Waals surface area (Å²) in [4.78, 5) is 11.9. The van der Waals surface area contributed by atoms with Gasteiger partial charge >= 0.3 is 12.0 Å². The lowest BCUT2D eigenvalue weighted by atomic mass is 10.1. The molecule has 0 aliphatic carbocycles. The zero-order chi connectivity index (χ0) is 14.6. The van der Waals surface area contributed by atoms with Crippen molar-refractivity contribution in [3.63, 3.8) is 0 Å². The maximum Gasteiger partial charge on any atom is 0.412 e. The lowest BCUT2D eigenvalue weighted by Crippen LogP contribution is -2.50. The summed E-state index contributed by atoms with van der Waals surface area (Å²) in [5.41, 5.74) is 0.328. The third-order valence-corrected chi connectivity index (χ3v) is 2.89. The number of para-hydroxylation sites is 1. The van der Waals surface area contributed by atoms with Crippen molar-refractivity contribution < 1.29 is 19.7 Å². The fourth-order valence-corrected chi connectivity index (χ4v) is 1.76. The van der Waals surface area contributed by atoms with Crippen molar-refractivity contribution in [2.24, 2.45) is 0 Å². The summed E-state index contributed by atoms with van der Waals surface area (Å²) in [5.74, 6) is -1.72. The first-order valence-electron chi connectivity index (χ1n) is 6.03. The van der Waals surface area contributed by atoms with Crippen molar-refractivity contribution >= 4 is 6.09 Å². The molecule has 1 unspecified atom stereocenters. The molecule has 2 aromatic carbocycles. The second-order valence-electron chi connectivity index (χ2n) is 4.23. The number of rotatable bonds is 4. The largest absolute Gasteiger partial charge is 0.465 e. The van der Waals surface area contributed by atoms with Crippen LogP contribution in [0.2, 0.25) is 0 Å². The number of benzene rings is 2. The maximum absolute atomic E-state index is 11.2. The van der Waals surface area contributed by atoms with Gasteiger partial charge in [0.05, 0.1) is 0 Å². The first kappa shape index (κ1) is 13.9. The minimum Gasteiger partial charge on any atom is -0.465 e. The minimum atomic E-state index is -2.09. The molecule has 0 radical (unpaired) electrons. The summed E-state index contributed by atoms with van der Waals surface area (Å²) in [6, 6.07) is 16.9. The molecule has 5 heteroatoms. The van der Waals surface area contributed by atoms with Crippen LogP contribution in [0.4, 0.5) is 4.79 Å². The third kappa shape index (κ3) is 2.73. The predicted molar refractivity (Wildman–Crippen MR) is 73.2 cm³/mol. The summed E-state index contributed by atoms with van der Waals surface area (Å²) in [5, 5.41) is 19.8. The lowest BCUT2D eigenvalue weighted by molar-refractivity contribution is -0.231. The zero-order valence-electron chi connectivity index (χ0n) is 10.9. The second kappa shape index (κ2) is 5.63. The predicted octanol–water partition coefficient (Wildman–Crippen LogP) is 2.48. The molecule has 0 saturated heterocycles. The normalized spacial score (nSPS) is 13.3. The van der Waals surface area contributed by atoms with Crippen LogP contribution < -0.4 is 4.74 Å². The lowest BCUT2D eigenvalue weighted by Gasteiger charge is -2.35. The third-order valence-electron chi connectivity index (χ3n) is 2.89. The van der Waals surface area contributed by atoms with Crippen LogP contribution in [0.1, 0.15) is 5.56 Å². The Kier molecular flexibility index (Phi) is 3.91. The van der Waals surface area contributed by atoms with E-state index >= 15 is 0 Å². The van der Waals surface area contributed by atoms with Gasteiger partial charge in [-0.25, -0.2) is 9.69 Å². The highest BCUT2D eigenvalue weighted by molar-refractivity contribution is 5.65. The van der Waals surface area contributed by atoms with E-state index in [1.807, 2.05) is 0 Å². The number of carbonyl (C=O) groups is 1. The zero-order valence-corrected chi connectivity index (χ0v) is 10.9. The van der Waals surface area contributed by atoms with Gasteiger partial charge in [0.1, 0.15) is 5.75 Å². The fourth-order valence-electron chi connectivity index (χ4n) is 1.76. The average Bonchev–Trinajstić information content (AvgIpc) is 2.48. The molecule has 104 valence electrons. The first-order chi connectivity index (χ1) is 9.54. The molecular formula is C15H15NO4. The van der Waals surface area contributed by atoms with E-state index in [-0.39, 0.29) is 0 Å². The summed E-state index contributed by atoms with van der Waals surface area (Å²) in [7, 11) is 1.25. The van der Waals surface area contributed by atoms with Crippen LogP contribution in [0.25, 0.3) is 0 Å². The summed E-state index contributed by atoms with van der Waals surface area (Å²) in [6.07, 6.45) is -1.30. The van der Waals surface area contributed by atoms with E-state index in [2.05, 4.69) is 0 Å². The van der Waals surface area contributed by atoms with E-state index < -0.39 is 12.0 Å². The fraction of sp³-hybridized carbons (Fsp3) is 0.133. The summed E-state index contributed by atoms with van der Waals surface area (Å²) >= 11 is 0. The number of nitrogens with zero attached hydrogens (tertiary/aromatic N) is 1. The molecule has 0 aliphatic rings. The maximum atomic E-state index is 11.2. The van der Waals surface area contributed by atoms with Crippen molar-refractivity contribution in [1.29, 1.82) is 0 Å². The molecule has 5 nitrogen and oxygen atoms in total. The molecule has 0 aliphatic heterocycles. The van der Waals surface area contributed by atoms with Crippen LogP contribution in [0.5, 0.6) is 5.75 Å². The van der Waals surface area contributed by atoms with E-state index in [0.29, 0.717) is 11.3 Å². The van der Waals surface area contributed by atoms with Crippen molar-refractivity contribution in [3.05, 3.63) is 66.2 Å². The van der Waals surface area contributed by atoms with Crippen molar-refractivity contribution in [2.75, 3.05) is 7.05 Å². The Hall–Kier alpha value is -2.53. The Morgan fingerprint density at radius 1 is 1.05 bits per heavy atom. The number of carboxylic acid groups (broad SMARTS) is 1. The number of ether oxygens (including phenoxy) is 1. The molecule has 0 saturated carbocycles. The highest BCUT2D eigenvalue weighted by Gasteiger charge is 2.40. The van der Waals surface area contributed by atoms with Crippen LogP contribution >= 0.6 is 0 Å². The molecule has 0 fully saturated rings. The molecule has 0 bridgehead atoms. The quantitative estimate of drug-likeness (QED) is 0.840. The van der Waals surface area contributed by atoms with Gasteiger partial charge in [0.2, 0.25) is 0 Å². The van der Waals surface area contributed by atoms with Gasteiger partial charge in [-0.05, 0) is 12.1 Å². The van der Waals surface area contributed by atoms with E-state index in [0.717, 1.165) is 4.90 Å². The molecule has 0 aromatic heterocycles. The number of hydrogen-bond acceptors (Lipinski definition) is 3. The summed E-state index contributed by atoms with van der Waals surface area (Å²) in [6.45, 7) is 0. The van der Waals surface area contributed by atoms with Crippen LogP contribution in [0.3, 0.4) is 0 Å². The Bertz CT molecular complexity index is 573. The van der Waals surface area contributed by atoms with Crippen LogP contribution in [0.15, 0.2) is 60.7 Å². The summed E-state index contributed by atoms with van der Waals surface area (Å²) < 4.78 is 5.51. The van der Waals surface area contributed by atoms with Gasteiger partial charge in [-0.2, -0.15) is 0 Å². The molecule has 1 atom stereocenters. The van der Waals surface area contributed by atoms with E-state index in [1.54, 1.807) is 60.7 Å². The van der Waals surface area contributed by atoms with Crippen LogP contribution in [-0.4, -0.2) is 28.3 Å². The van der Waals surface area contributed by atoms with E-state index in [1.165, 1.54) is 7.05 Å². The molecule has 20 heavy (non-hydrogen) atoms. The van der Waals surface area contributed by atoms with Crippen molar-refractivity contribution in [1.82, 2.24) is 4.90 Å². The Morgan fingerprint density at radius 3 is 2.05 bits per heavy atom. The van der Waals surface area contributed by atoms with Gasteiger partial charge in [0.25, 0.3) is 0 Å². The van der Waals surface area contributed by atoms with Gasteiger partial charge in [0, 0.05) is 12.6 Å². The van der Waals surface area contributed by atoms with Crippen LogP contribution in [0, 0.1) is 0 Å². The molecule has 0 heterocycles. The number of amides is 1.